The number of anilines is 1. The van der Waals surface area contributed by atoms with Crippen LogP contribution in [0.1, 0.15) is 13.3 Å². The molecule has 72 valence electrons. The van der Waals surface area contributed by atoms with E-state index in [0.717, 1.165) is 24.6 Å². The van der Waals surface area contributed by atoms with E-state index in [9.17, 15) is 5.11 Å². The Bertz CT molecular complexity index is 275. The first kappa shape index (κ1) is 8.97. The van der Waals surface area contributed by atoms with E-state index in [-0.39, 0.29) is 12.0 Å². The van der Waals surface area contributed by atoms with E-state index in [1.165, 1.54) is 0 Å². The van der Waals surface area contributed by atoms with Crippen molar-refractivity contribution in [2.45, 2.75) is 13.3 Å². The number of aliphatic hydroxyl groups excluding tert-OH is 1. The molecule has 2 rings (SSSR count). The summed E-state index contributed by atoms with van der Waals surface area (Å²) in [5.74, 6) is 0. The third-order valence-electron chi connectivity index (χ3n) is 2.63. The second kappa shape index (κ2) is 3.27. The fraction of sp³-hybridized carbons (Fsp3) is 0.667. The first-order valence-electron chi connectivity index (χ1n) is 4.49. The van der Waals surface area contributed by atoms with E-state index in [4.69, 9.17) is 0 Å². The summed E-state index contributed by atoms with van der Waals surface area (Å²) in [5.41, 5.74) is 0.0751. The van der Waals surface area contributed by atoms with E-state index in [2.05, 4.69) is 16.8 Å². The lowest BCUT2D eigenvalue weighted by molar-refractivity contribution is 0.162. The molecule has 0 spiro atoms. The number of thiazole rings is 1. The molecule has 4 heteroatoms. The van der Waals surface area contributed by atoms with Crippen LogP contribution < -0.4 is 4.90 Å². The van der Waals surface area contributed by atoms with Crippen molar-refractivity contribution in [1.82, 2.24) is 4.98 Å². The molecule has 0 aromatic carbocycles. The quantitative estimate of drug-likeness (QED) is 0.779. The van der Waals surface area contributed by atoms with Gasteiger partial charge in [-0.05, 0) is 6.42 Å². The number of hydrogen-bond acceptors (Lipinski definition) is 4. The van der Waals surface area contributed by atoms with Crippen LogP contribution in [0.15, 0.2) is 11.6 Å². The number of nitrogens with zero attached hydrogens (tertiary/aromatic N) is 2. The van der Waals surface area contributed by atoms with Crippen molar-refractivity contribution in [1.29, 1.82) is 0 Å². The van der Waals surface area contributed by atoms with Crippen molar-refractivity contribution in [2.24, 2.45) is 5.41 Å². The third kappa shape index (κ3) is 1.69. The van der Waals surface area contributed by atoms with E-state index in [0.29, 0.717) is 0 Å². The van der Waals surface area contributed by atoms with Gasteiger partial charge < -0.3 is 10.0 Å². The van der Waals surface area contributed by atoms with Crippen LogP contribution in [-0.2, 0) is 0 Å². The van der Waals surface area contributed by atoms with Crippen molar-refractivity contribution in [3.8, 4) is 0 Å². The molecule has 1 saturated heterocycles. The van der Waals surface area contributed by atoms with Crippen molar-refractivity contribution in [2.75, 3.05) is 24.6 Å². The molecular formula is C9H14N2OS. The summed E-state index contributed by atoms with van der Waals surface area (Å²) < 4.78 is 0. The maximum Gasteiger partial charge on any atom is 0.185 e. The van der Waals surface area contributed by atoms with E-state index in [1.54, 1.807) is 11.3 Å². The molecule has 1 unspecified atom stereocenters. The molecule has 13 heavy (non-hydrogen) atoms. The average molecular weight is 198 g/mol. The molecule has 1 N–H and O–H groups in total. The normalized spacial score (nSPS) is 28.3. The van der Waals surface area contributed by atoms with Gasteiger partial charge in [0.1, 0.15) is 0 Å². The Morgan fingerprint density at radius 1 is 1.77 bits per heavy atom. The first-order chi connectivity index (χ1) is 6.23. The highest BCUT2D eigenvalue weighted by atomic mass is 32.1. The third-order valence-corrected chi connectivity index (χ3v) is 3.46. The Hall–Kier alpha value is -0.610. The maximum atomic E-state index is 9.20. The standard InChI is InChI=1S/C9H14N2OS/c1-9(7-12)2-4-11(6-9)8-10-3-5-13-8/h3,5,12H,2,4,6-7H2,1H3. The van der Waals surface area contributed by atoms with Crippen LogP contribution in [0.3, 0.4) is 0 Å². The molecule has 0 bridgehead atoms. The summed E-state index contributed by atoms with van der Waals surface area (Å²) >= 11 is 1.66. The zero-order valence-corrected chi connectivity index (χ0v) is 8.55. The topological polar surface area (TPSA) is 36.4 Å². The van der Waals surface area contributed by atoms with Crippen LogP contribution in [0.2, 0.25) is 0 Å². The van der Waals surface area contributed by atoms with Crippen LogP contribution in [-0.4, -0.2) is 29.8 Å². The minimum absolute atomic E-state index is 0.0751. The Labute approximate surface area is 82.0 Å². The first-order valence-corrected chi connectivity index (χ1v) is 5.37. The second-order valence-corrected chi connectivity index (χ2v) is 4.83. The summed E-state index contributed by atoms with van der Waals surface area (Å²) in [4.78, 5) is 6.51. The molecule has 1 aliphatic heterocycles. The van der Waals surface area contributed by atoms with Gasteiger partial charge in [0.05, 0.1) is 6.61 Å². The molecule has 1 aliphatic rings. The monoisotopic (exact) mass is 198 g/mol. The summed E-state index contributed by atoms with van der Waals surface area (Å²) in [6, 6.07) is 0. The summed E-state index contributed by atoms with van der Waals surface area (Å²) in [7, 11) is 0. The number of aliphatic hydroxyl groups is 1. The highest BCUT2D eigenvalue weighted by Crippen LogP contribution is 2.33. The molecule has 1 aromatic heterocycles. The van der Waals surface area contributed by atoms with E-state index < -0.39 is 0 Å². The van der Waals surface area contributed by atoms with E-state index in [1.807, 2.05) is 11.6 Å². The molecule has 0 radical (unpaired) electrons. The van der Waals surface area contributed by atoms with Gasteiger partial charge in [-0.2, -0.15) is 0 Å². The predicted molar refractivity (Wildman–Crippen MR) is 54.1 cm³/mol. The summed E-state index contributed by atoms with van der Waals surface area (Å²) in [6.45, 7) is 4.34. The van der Waals surface area contributed by atoms with Gasteiger partial charge in [0.15, 0.2) is 5.13 Å². The lowest BCUT2D eigenvalue weighted by atomic mass is 9.91. The zero-order chi connectivity index (χ0) is 9.31. The van der Waals surface area contributed by atoms with Crippen LogP contribution in [0, 0.1) is 5.41 Å². The SMILES string of the molecule is CC1(CO)CCN(c2nccs2)C1. The molecule has 2 heterocycles. The highest BCUT2D eigenvalue weighted by molar-refractivity contribution is 7.13. The summed E-state index contributed by atoms with van der Waals surface area (Å²) in [5, 5.41) is 12.3. The van der Waals surface area contributed by atoms with Crippen LogP contribution >= 0.6 is 11.3 Å². The zero-order valence-electron chi connectivity index (χ0n) is 7.73. The second-order valence-electron chi connectivity index (χ2n) is 3.96. The van der Waals surface area contributed by atoms with Gasteiger partial charge in [0, 0.05) is 30.1 Å². The van der Waals surface area contributed by atoms with Crippen LogP contribution in [0.25, 0.3) is 0 Å². The molecule has 0 saturated carbocycles. The van der Waals surface area contributed by atoms with Gasteiger partial charge >= 0.3 is 0 Å². The minimum Gasteiger partial charge on any atom is -0.396 e. The van der Waals surface area contributed by atoms with Gasteiger partial charge in [0.25, 0.3) is 0 Å². The lowest BCUT2D eigenvalue weighted by Crippen LogP contribution is -2.27. The molecule has 1 fully saturated rings. The molecule has 1 atom stereocenters. The van der Waals surface area contributed by atoms with Gasteiger partial charge in [-0.25, -0.2) is 4.98 Å². The Morgan fingerprint density at radius 3 is 3.15 bits per heavy atom. The van der Waals surface area contributed by atoms with Gasteiger partial charge in [-0.15, -0.1) is 11.3 Å². The van der Waals surface area contributed by atoms with Gasteiger partial charge in [-0.3, -0.25) is 0 Å². The van der Waals surface area contributed by atoms with Crippen molar-refractivity contribution < 1.29 is 5.11 Å². The number of rotatable bonds is 2. The number of aromatic nitrogens is 1. The van der Waals surface area contributed by atoms with Crippen LogP contribution in [0.5, 0.6) is 0 Å². The largest absolute Gasteiger partial charge is 0.396 e. The van der Waals surface area contributed by atoms with Gasteiger partial charge in [0.2, 0.25) is 0 Å². The van der Waals surface area contributed by atoms with Crippen molar-refractivity contribution in [3.05, 3.63) is 11.6 Å². The summed E-state index contributed by atoms with van der Waals surface area (Å²) in [6.07, 6.45) is 2.89. The Balaban J connectivity index is 2.07. The minimum atomic E-state index is 0.0751. The average Bonchev–Trinajstić information content (AvgIpc) is 2.73. The molecule has 0 amide bonds. The molecule has 3 nitrogen and oxygen atoms in total. The fourth-order valence-corrected chi connectivity index (χ4v) is 2.36. The van der Waals surface area contributed by atoms with Crippen molar-refractivity contribution >= 4 is 16.5 Å². The van der Waals surface area contributed by atoms with Gasteiger partial charge in [-0.1, -0.05) is 6.92 Å². The predicted octanol–water partition coefficient (Wildman–Crippen LogP) is 1.35. The number of hydrogen-bond donors (Lipinski definition) is 1. The molecule has 1 aromatic rings. The van der Waals surface area contributed by atoms with E-state index >= 15 is 0 Å². The molecular weight excluding hydrogens is 184 g/mol. The molecule has 0 aliphatic carbocycles. The Kier molecular flexibility index (Phi) is 2.26. The van der Waals surface area contributed by atoms with Crippen LogP contribution in [0.4, 0.5) is 5.13 Å². The van der Waals surface area contributed by atoms with Crippen molar-refractivity contribution in [3.63, 3.8) is 0 Å². The Morgan fingerprint density at radius 2 is 2.62 bits per heavy atom. The maximum absolute atomic E-state index is 9.20. The lowest BCUT2D eigenvalue weighted by Gasteiger charge is -2.21. The smallest absolute Gasteiger partial charge is 0.185 e. The highest BCUT2D eigenvalue weighted by Gasteiger charge is 2.33. The fourth-order valence-electron chi connectivity index (χ4n) is 1.69.